The molecule has 0 saturated heterocycles. The van der Waals surface area contributed by atoms with Gasteiger partial charge in [0.05, 0.1) is 17.0 Å². The summed E-state index contributed by atoms with van der Waals surface area (Å²) in [6.45, 7) is 5.00. The van der Waals surface area contributed by atoms with E-state index in [-0.39, 0.29) is 5.75 Å². The van der Waals surface area contributed by atoms with E-state index in [9.17, 15) is 4.79 Å². The average Bonchev–Trinajstić information content (AvgIpc) is 3.03. The Hall–Kier alpha value is -1.34. The summed E-state index contributed by atoms with van der Waals surface area (Å²) in [6, 6.07) is 0. The van der Waals surface area contributed by atoms with E-state index < -0.39 is 5.97 Å². The molecule has 0 aliphatic rings. The van der Waals surface area contributed by atoms with E-state index in [1.807, 2.05) is 17.1 Å². The number of aromatic nitrogens is 3. The van der Waals surface area contributed by atoms with Crippen molar-refractivity contribution in [3.8, 4) is 0 Å². The van der Waals surface area contributed by atoms with Gasteiger partial charge >= 0.3 is 5.97 Å². The van der Waals surface area contributed by atoms with Crippen LogP contribution in [-0.2, 0) is 17.8 Å². The number of thiazole rings is 1. The number of aliphatic carboxylic acids is 1. The predicted molar refractivity (Wildman–Crippen MR) is 80.5 cm³/mol. The topological polar surface area (TPSA) is 68.0 Å². The number of nitrogens with zero attached hydrogens (tertiary/aromatic N) is 3. The highest BCUT2D eigenvalue weighted by molar-refractivity contribution is 7.99. The molecule has 5 nitrogen and oxygen atoms in total. The van der Waals surface area contributed by atoms with E-state index in [2.05, 4.69) is 28.4 Å². The monoisotopic (exact) mass is 311 g/mol. The van der Waals surface area contributed by atoms with Gasteiger partial charge in [0.25, 0.3) is 0 Å². The third-order valence-corrected chi connectivity index (χ3v) is 4.45. The minimum atomic E-state index is -0.824. The van der Waals surface area contributed by atoms with E-state index >= 15 is 0 Å². The van der Waals surface area contributed by atoms with Gasteiger partial charge in [0.2, 0.25) is 0 Å². The van der Waals surface area contributed by atoms with Crippen molar-refractivity contribution >= 4 is 29.1 Å². The zero-order chi connectivity index (χ0) is 14.5. The molecule has 0 aliphatic carbocycles. The van der Waals surface area contributed by atoms with E-state index in [4.69, 9.17) is 5.11 Å². The second-order valence-electron chi connectivity index (χ2n) is 4.68. The maximum atomic E-state index is 10.7. The molecule has 0 fully saturated rings. The van der Waals surface area contributed by atoms with Crippen molar-refractivity contribution in [1.29, 1.82) is 0 Å². The molecular weight excluding hydrogens is 294 g/mol. The highest BCUT2D eigenvalue weighted by atomic mass is 32.2. The number of aryl methyl sites for hydroxylation is 1. The molecule has 0 bridgehead atoms. The van der Waals surface area contributed by atoms with Crippen molar-refractivity contribution in [1.82, 2.24) is 14.5 Å². The molecule has 0 spiro atoms. The maximum absolute atomic E-state index is 10.7. The number of carboxylic acids is 1. The first-order valence-corrected chi connectivity index (χ1v) is 8.28. The molecule has 7 heteroatoms. The summed E-state index contributed by atoms with van der Waals surface area (Å²) in [4.78, 5) is 19.3. The molecule has 0 aromatic carbocycles. The van der Waals surface area contributed by atoms with Crippen LogP contribution in [0.4, 0.5) is 0 Å². The number of imidazole rings is 1. The van der Waals surface area contributed by atoms with Gasteiger partial charge in [0, 0.05) is 30.2 Å². The fourth-order valence-electron chi connectivity index (χ4n) is 1.89. The van der Waals surface area contributed by atoms with Crippen molar-refractivity contribution in [3.63, 3.8) is 0 Å². The van der Waals surface area contributed by atoms with Crippen LogP contribution in [0.3, 0.4) is 0 Å². The van der Waals surface area contributed by atoms with Crippen molar-refractivity contribution in [2.45, 2.75) is 37.9 Å². The molecular formula is C13H17N3O2S2. The fourth-order valence-corrected chi connectivity index (χ4v) is 3.21. The summed E-state index contributed by atoms with van der Waals surface area (Å²) < 4.78 is 2.11. The first-order chi connectivity index (χ1) is 9.58. The van der Waals surface area contributed by atoms with Crippen LogP contribution in [0.5, 0.6) is 0 Å². The minimum Gasteiger partial charge on any atom is -0.481 e. The van der Waals surface area contributed by atoms with Crippen molar-refractivity contribution in [2.24, 2.45) is 0 Å². The van der Waals surface area contributed by atoms with E-state index in [0.717, 1.165) is 29.5 Å². The van der Waals surface area contributed by atoms with Crippen LogP contribution >= 0.6 is 23.1 Å². The Morgan fingerprint density at radius 1 is 1.50 bits per heavy atom. The van der Waals surface area contributed by atoms with Gasteiger partial charge in [0.1, 0.15) is 0 Å². The highest BCUT2D eigenvalue weighted by Gasteiger charge is 2.14. The second-order valence-corrected chi connectivity index (χ2v) is 6.35. The lowest BCUT2D eigenvalue weighted by molar-refractivity contribution is -0.133. The zero-order valence-electron chi connectivity index (χ0n) is 11.4. The third-order valence-electron chi connectivity index (χ3n) is 2.84. The van der Waals surface area contributed by atoms with Gasteiger partial charge in [-0.2, -0.15) is 0 Å². The Morgan fingerprint density at radius 2 is 2.30 bits per heavy atom. The highest BCUT2D eigenvalue weighted by Crippen LogP contribution is 2.23. The van der Waals surface area contributed by atoms with E-state index in [0.29, 0.717) is 5.92 Å². The summed E-state index contributed by atoms with van der Waals surface area (Å²) in [6.07, 6.45) is 2.68. The van der Waals surface area contributed by atoms with E-state index in [1.165, 1.54) is 11.8 Å². The lowest BCUT2D eigenvalue weighted by atomic mass is 10.1. The second kappa shape index (κ2) is 6.90. The molecule has 0 atom stereocenters. The first kappa shape index (κ1) is 15.1. The van der Waals surface area contributed by atoms with Crippen LogP contribution in [0, 0.1) is 0 Å². The molecule has 20 heavy (non-hydrogen) atoms. The normalized spacial score (nSPS) is 11.2. The molecule has 1 N–H and O–H groups in total. The molecule has 2 aromatic heterocycles. The summed E-state index contributed by atoms with van der Waals surface area (Å²) >= 11 is 2.85. The lowest BCUT2D eigenvalue weighted by Gasteiger charge is -2.12. The summed E-state index contributed by atoms with van der Waals surface area (Å²) in [5.41, 5.74) is 4.02. The summed E-state index contributed by atoms with van der Waals surface area (Å²) in [7, 11) is 0. The molecule has 0 amide bonds. The van der Waals surface area contributed by atoms with Crippen LogP contribution in [-0.4, -0.2) is 31.4 Å². The number of hydrogen-bond donors (Lipinski definition) is 1. The van der Waals surface area contributed by atoms with Crippen LogP contribution in [0.1, 0.15) is 31.2 Å². The average molecular weight is 311 g/mol. The SMILES string of the molecule is CC(C)c1cnc(SCC(=O)O)n1CCc1cscn1. The quantitative estimate of drug-likeness (QED) is 0.796. The van der Waals surface area contributed by atoms with Crippen LogP contribution in [0.15, 0.2) is 22.2 Å². The van der Waals surface area contributed by atoms with Crippen LogP contribution in [0.2, 0.25) is 0 Å². The molecule has 2 rings (SSSR count). The zero-order valence-corrected chi connectivity index (χ0v) is 13.1. The molecule has 108 valence electrons. The molecule has 2 heterocycles. The Bertz CT molecular complexity index is 564. The molecule has 0 saturated carbocycles. The number of rotatable bonds is 7. The van der Waals surface area contributed by atoms with Gasteiger partial charge in [-0.15, -0.1) is 11.3 Å². The predicted octanol–water partition coefficient (Wildman–Crippen LogP) is 2.88. The molecule has 0 unspecified atom stereocenters. The van der Waals surface area contributed by atoms with Gasteiger partial charge < -0.3 is 9.67 Å². The smallest absolute Gasteiger partial charge is 0.313 e. The van der Waals surface area contributed by atoms with Gasteiger partial charge in [-0.25, -0.2) is 9.97 Å². The Balaban J connectivity index is 2.13. The fraction of sp³-hybridized carbons (Fsp3) is 0.462. The largest absolute Gasteiger partial charge is 0.481 e. The number of carbonyl (C=O) groups is 1. The minimum absolute atomic E-state index is 0.0330. The van der Waals surface area contributed by atoms with E-state index in [1.54, 1.807) is 11.3 Å². The van der Waals surface area contributed by atoms with Crippen molar-refractivity contribution < 1.29 is 9.90 Å². The Kier molecular flexibility index (Phi) is 5.19. The van der Waals surface area contributed by atoms with Crippen LogP contribution in [0.25, 0.3) is 0 Å². The van der Waals surface area contributed by atoms with Gasteiger partial charge in [0.15, 0.2) is 5.16 Å². The van der Waals surface area contributed by atoms with Crippen molar-refractivity contribution in [2.75, 3.05) is 5.75 Å². The molecule has 0 aliphatic heterocycles. The first-order valence-electron chi connectivity index (χ1n) is 6.35. The summed E-state index contributed by atoms with van der Waals surface area (Å²) in [5, 5.41) is 11.6. The maximum Gasteiger partial charge on any atom is 0.313 e. The summed E-state index contributed by atoms with van der Waals surface area (Å²) in [5.74, 6) is -0.433. The standard InChI is InChI=1S/C13H17N3O2S2/c1-9(2)11-5-14-13(20-7-12(17)18)16(11)4-3-10-6-19-8-15-10/h5-6,8-9H,3-4,7H2,1-2H3,(H,17,18). The Morgan fingerprint density at radius 3 is 2.90 bits per heavy atom. The van der Waals surface area contributed by atoms with Gasteiger partial charge in [-0.1, -0.05) is 25.6 Å². The number of hydrogen-bond acceptors (Lipinski definition) is 5. The number of carboxylic acid groups (broad SMARTS) is 1. The van der Waals surface area contributed by atoms with Gasteiger partial charge in [-0.3, -0.25) is 4.79 Å². The number of thioether (sulfide) groups is 1. The molecule has 2 aromatic rings. The van der Waals surface area contributed by atoms with Crippen LogP contribution < -0.4 is 0 Å². The molecule has 0 radical (unpaired) electrons. The van der Waals surface area contributed by atoms with Crippen molar-refractivity contribution in [3.05, 3.63) is 28.5 Å². The third kappa shape index (κ3) is 3.83. The van der Waals surface area contributed by atoms with Gasteiger partial charge in [-0.05, 0) is 5.92 Å². The Labute approximate surface area is 126 Å². The lowest BCUT2D eigenvalue weighted by Crippen LogP contribution is -2.09.